The summed E-state index contributed by atoms with van der Waals surface area (Å²) in [7, 11) is 0. The molecule has 2 rings (SSSR count). The van der Waals surface area contributed by atoms with Gasteiger partial charge in [-0.25, -0.2) is 4.98 Å². The minimum Gasteiger partial charge on any atom is -0.383 e. The molecule has 88 valence electrons. The predicted molar refractivity (Wildman–Crippen MR) is 67.2 cm³/mol. The van der Waals surface area contributed by atoms with Crippen LogP contribution in [0.3, 0.4) is 0 Å². The first kappa shape index (κ1) is 11.4. The Morgan fingerprint density at radius 1 is 1.50 bits per heavy atom. The van der Waals surface area contributed by atoms with Gasteiger partial charge in [0.2, 0.25) is 0 Å². The number of hydrogen-bond donors (Lipinski definition) is 1. The van der Waals surface area contributed by atoms with Crippen molar-refractivity contribution in [3.05, 3.63) is 23.4 Å². The molecular weight excluding hydrogens is 198 g/mol. The van der Waals surface area contributed by atoms with Crippen LogP contribution in [0.15, 0.2) is 12.3 Å². The molecule has 1 saturated heterocycles. The summed E-state index contributed by atoms with van der Waals surface area (Å²) in [4.78, 5) is 6.82. The Labute approximate surface area is 97.7 Å². The fourth-order valence-electron chi connectivity index (χ4n) is 2.55. The first-order chi connectivity index (χ1) is 7.59. The van der Waals surface area contributed by atoms with Gasteiger partial charge in [-0.1, -0.05) is 0 Å². The van der Waals surface area contributed by atoms with Gasteiger partial charge in [0.1, 0.15) is 5.82 Å². The number of hydrogen-bond acceptors (Lipinski definition) is 3. The number of rotatable bonds is 2. The fourth-order valence-corrected chi connectivity index (χ4v) is 2.55. The standard InChI is InChI=1S/C13H21N3/c1-9(2)16-6-4-5-12(16)11-7-10(3)13(14)15-8-11/h7-9,12H,4-6H2,1-3H3,(H2,14,15)/t12-/m0/s1. The van der Waals surface area contributed by atoms with Crippen molar-refractivity contribution < 1.29 is 0 Å². The Morgan fingerprint density at radius 2 is 2.25 bits per heavy atom. The van der Waals surface area contributed by atoms with Gasteiger partial charge >= 0.3 is 0 Å². The van der Waals surface area contributed by atoms with E-state index in [1.54, 1.807) is 0 Å². The molecule has 3 heteroatoms. The van der Waals surface area contributed by atoms with Gasteiger partial charge in [0.05, 0.1) is 0 Å². The molecule has 16 heavy (non-hydrogen) atoms. The minimum atomic E-state index is 0.534. The van der Waals surface area contributed by atoms with E-state index in [1.807, 2.05) is 13.1 Å². The van der Waals surface area contributed by atoms with Crippen molar-refractivity contribution in [1.82, 2.24) is 9.88 Å². The Balaban J connectivity index is 2.26. The van der Waals surface area contributed by atoms with Crippen molar-refractivity contribution in [2.75, 3.05) is 12.3 Å². The van der Waals surface area contributed by atoms with E-state index in [0.29, 0.717) is 17.9 Å². The van der Waals surface area contributed by atoms with Gasteiger partial charge in [-0.05, 0) is 57.4 Å². The van der Waals surface area contributed by atoms with Gasteiger partial charge in [0.15, 0.2) is 0 Å². The highest BCUT2D eigenvalue weighted by Crippen LogP contribution is 2.33. The average molecular weight is 219 g/mol. The lowest BCUT2D eigenvalue weighted by Crippen LogP contribution is -2.30. The maximum Gasteiger partial charge on any atom is 0.126 e. The molecule has 3 nitrogen and oxygen atoms in total. The third-order valence-corrected chi connectivity index (χ3v) is 3.48. The van der Waals surface area contributed by atoms with Gasteiger partial charge in [0, 0.05) is 18.3 Å². The maximum absolute atomic E-state index is 5.76. The number of nitrogens with two attached hydrogens (primary N) is 1. The van der Waals surface area contributed by atoms with Crippen LogP contribution in [0.5, 0.6) is 0 Å². The number of pyridine rings is 1. The number of anilines is 1. The van der Waals surface area contributed by atoms with Crippen molar-refractivity contribution in [2.45, 2.75) is 45.7 Å². The van der Waals surface area contributed by atoms with Gasteiger partial charge in [0.25, 0.3) is 0 Å². The molecule has 1 atom stereocenters. The van der Waals surface area contributed by atoms with Crippen LogP contribution in [-0.2, 0) is 0 Å². The highest BCUT2D eigenvalue weighted by molar-refractivity contribution is 5.40. The summed E-state index contributed by atoms with van der Waals surface area (Å²) >= 11 is 0. The highest BCUT2D eigenvalue weighted by atomic mass is 15.2. The van der Waals surface area contributed by atoms with Gasteiger partial charge in [-0.2, -0.15) is 0 Å². The van der Waals surface area contributed by atoms with Crippen molar-refractivity contribution in [2.24, 2.45) is 0 Å². The molecule has 0 radical (unpaired) electrons. The van der Waals surface area contributed by atoms with Crippen molar-refractivity contribution in [3.8, 4) is 0 Å². The molecule has 1 aromatic heterocycles. The molecule has 1 fully saturated rings. The first-order valence-corrected chi connectivity index (χ1v) is 6.07. The Hall–Kier alpha value is -1.09. The van der Waals surface area contributed by atoms with E-state index >= 15 is 0 Å². The minimum absolute atomic E-state index is 0.534. The predicted octanol–water partition coefficient (Wildman–Crippen LogP) is 2.52. The molecule has 0 spiro atoms. The number of likely N-dealkylation sites (tertiary alicyclic amines) is 1. The third-order valence-electron chi connectivity index (χ3n) is 3.48. The average Bonchev–Trinajstić information content (AvgIpc) is 2.71. The van der Waals surface area contributed by atoms with Crippen LogP contribution in [0.25, 0.3) is 0 Å². The lowest BCUT2D eigenvalue weighted by Gasteiger charge is -2.28. The zero-order chi connectivity index (χ0) is 11.7. The van der Waals surface area contributed by atoms with Crippen LogP contribution in [0.2, 0.25) is 0 Å². The van der Waals surface area contributed by atoms with E-state index in [2.05, 4.69) is 29.8 Å². The van der Waals surface area contributed by atoms with Crippen LogP contribution >= 0.6 is 0 Å². The molecule has 1 aromatic rings. The molecule has 1 aliphatic heterocycles. The Bertz CT molecular complexity index is 373. The molecule has 2 N–H and O–H groups in total. The second-order valence-electron chi connectivity index (χ2n) is 4.96. The zero-order valence-corrected chi connectivity index (χ0v) is 10.4. The number of aryl methyl sites for hydroxylation is 1. The summed E-state index contributed by atoms with van der Waals surface area (Å²) in [6.07, 6.45) is 4.46. The van der Waals surface area contributed by atoms with Crippen molar-refractivity contribution in [1.29, 1.82) is 0 Å². The van der Waals surface area contributed by atoms with Crippen LogP contribution in [0, 0.1) is 6.92 Å². The smallest absolute Gasteiger partial charge is 0.126 e. The second kappa shape index (κ2) is 4.42. The van der Waals surface area contributed by atoms with E-state index < -0.39 is 0 Å². The molecule has 2 heterocycles. The van der Waals surface area contributed by atoms with Crippen LogP contribution in [0.4, 0.5) is 5.82 Å². The van der Waals surface area contributed by atoms with Crippen molar-refractivity contribution >= 4 is 5.82 Å². The maximum atomic E-state index is 5.76. The largest absolute Gasteiger partial charge is 0.383 e. The number of nitrogen functional groups attached to an aromatic ring is 1. The summed E-state index contributed by atoms with van der Waals surface area (Å²) in [5.41, 5.74) is 8.17. The number of aromatic nitrogens is 1. The summed E-state index contributed by atoms with van der Waals surface area (Å²) in [5, 5.41) is 0. The Morgan fingerprint density at radius 3 is 2.88 bits per heavy atom. The van der Waals surface area contributed by atoms with E-state index in [0.717, 1.165) is 5.56 Å². The lowest BCUT2D eigenvalue weighted by molar-refractivity contribution is 0.205. The molecule has 0 bridgehead atoms. The van der Waals surface area contributed by atoms with Crippen LogP contribution in [0.1, 0.15) is 43.9 Å². The monoisotopic (exact) mass is 219 g/mol. The normalized spacial score (nSPS) is 21.9. The van der Waals surface area contributed by atoms with Gasteiger partial charge in [-0.15, -0.1) is 0 Å². The summed E-state index contributed by atoms with van der Waals surface area (Å²) < 4.78 is 0. The molecule has 1 aliphatic rings. The van der Waals surface area contributed by atoms with E-state index in [1.165, 1.54) is 24.9 Å². The molecule has 0 aromatic carbocycles. The molecule has 0 saturated carbocycles. The number of nitrogens with zero attached hydrogens (tertiary/aromatic N) is 2. The van der Waals surface area contributed by atoms with E-state index in [9.17, 15) is 0 Å². The summed E-state index contributed by atoms with van der Waals surface area (Å²) in [6.45, 7) is 7.75. The van der Waals surface area contributed by atoms with Crippen LogP contribution < -0.4 is 5.73 Å². The summed E-state index contributed by atoms with van der Waals surface area (Å²) in [5.74, 6) is 0.651. The zero-order valence-electron chi connectivity index (χ0n) is 10.4. The highest BCUT2D eigenvalue weighted by Gasteiger charge is 2.28. The van der Waals surface area contributed by atoms with Gasteiger partial charge in [-0.3, -0.25) is 4.90 Å². The molecule has 0 amide bonds. The van der Waals surface area contributed by atoms with Crippen LogP contribution in [-0.4, -0.2) is 22.5 Å². The molecular formula is C13H21N3. The quantitative estimate of drug-likeness (QED) is 0.831. The molecule has 0 aliphatic carbocycles. The SMILES string of the molecule is Cc1cc([C@@H]2CCCN2C(C)C)cnc1N. The van der Waals surface area contributed by atoms with E-state index in [-0.39, 0.29) is 0 Å². The van der Waals surface area contributed by atoms with E-state index in [4.69, 9.17) is 5.73 Å². The first-order valence-electron chi connectivity index (χ1n) is 6.07. The fraction of sp³-hybridized carbons (Fsp3) is 0.615. The van der Waals surface area contributed by atoms with Gasteiger partial charge < -0.3 is 5.73 Å². The lowest BCUT2D eigenvalue weighted by atomic mass is 10.0. The summed E-state index contributed by atoms with van der Waals surface area (Å²) in [6, 6.07) is 3.32. The van der Waals surface area contributed by atoms with Crippen molar-refractivity contribution in [3.63, 3.8) is 0 Å². The second-order valence-corrected chi connectivity index (χ2v) is 4.96. The molecule has 0 unspecified atom stereocenters. The Kier molecular flexibility index (Phi) is 3.15. The third kappa shape index (κ3) is 2.05. The topological polar surface area (TPSA) is 42.2 Å².